The zero-order valence-corrected chi connectivity index (χ0v) is 19.2. The zero-order chi connectivity index (χ0) is 23.1. The smallest absolute Gasteiger partial charge is 0.227 e. The Bertz CT molecular complexity index is 1120. The molecule has 0 saturated carbocycles. The molecule has 2 heterocycles. The molecule has 0 amide bonds. The van der Waals surface area contributed by atoms with Gasteiger partial charge in [0.15, 0.2) is 5.43 Å². The molecule has 2 aromatic heterocycles. The van der Waals surface area contributed by atoms with Gasteiger partial charge in [-0.3, -0.25) is 4.79 Å². The number of pyridine rings is 2. The summed E-state index contributed by atoms with van der Waals surface area (Å²) in [5.74, 6) is 0.0657. The average Bonchev–Trinajstić information content (AvgIpc) is 2.77. The Morgan fingerprint density at radius 2 is 1.59 bits per heavy atom. The number of hydrogen-bond donors (Lipinski definition) is 2. The van der Waals surface area contributed by atoms with Gasteiger partial charge in [-0.2, -0.15) is 0 Å². The van der Waals surface area contributed by atoms with E-state index in [2.05, 4.69) is 4.98 Å². The summed E-state index contributed by atoms with van der Waals surface area (Å²) in [4.78, 5) is 17.0. The first-order valence-electron chi connectivity index (χ1n) is 9.67. The number of aromatic nitrogens is 2. The highest BCUT2D eigenvalue weighted by Gasteiger charge is 2.21. The van der Waals surface area contributed by atoms with Gasteiger partial charge in [-0.05, 0) is 12.1 Å². The van der Waals surface area contributed by atoms with E-state index in [1.54, 1.807) is 18.2 Å². The number of hydrogen-bond acceptors (Lipinski definition) is 7. The van der Waals surface area contributed by atoms with E-state index in [9.17, 15) is 9.90 Å². The van der Waals surface area contributed by atoms with Crippen molar-refractivity contribution in [2.75, 3.05) is 39.6 Å². The Labute approximate surface area is 198 Å². The molecule has 2 N–H and O–H groups in total. The molecule has 8 nitrogen and oxygen atoms in total. The van der Waals surface area contributed by atoms with Gasteiger partial charge in [0.25, 0.3) is 0 Å². The van der Waals surface area contributed by atoms with Crippen molar-refractivity contribution in [3.63, 3.8) is 0 Å². The number of ether oxygens (including phenoxy) is 3. The number of aliphatic hydroxyl groups excluding tert-OH is 2. The van der Waals surface area contributed by atoms with E-state index in [1.165, 1.54) is 16.8 Å². The molecule has 0 radical (unpaired) electrons. The Morgan fingerprint density at radius 3 is 2.25 bits per heavy atom. The highest BCUT2D eigenvalue weighted by atomic mass is 35.5. The molecule has 3 rings (SSSR count). The van der Waals surface area contributed by atoms with Crippen LogP contribution in [-0.4, -0.2) is 59.4 Å². The summed E-state index contributed by atoms with van der Waals surface area (Å²) in [6.07, 6.45) is 1.35. The van der Waals surface area contributed by atoms with E-state index in [1.807, 2.05) is 0 Å². The van der Waals surface area contributed by atoms with Gasteiger partial charge in [0, 0.05) is 6.07 Å². The molecule has 3 aromatic rings. The summed E-state index contributed by atoms with van der Waals surface area (Å²) < 4.78 is 17.7. The fourth-order valence-electron chi connectivity index (χ4n) is 3.10. The van der Waals surface area contributed by atoms with E-state index in [0.717, 1.165) is 0 Å². The Morgan fingerprint density at radius 1 is 0.938 bits per heavy atom. The lowest BCUT2D eigenvalue weighted by Crippen LogP contribution is -2.17. The lowest BCUT2D eigenvalue weighted by atomic mass is 10.2. The molecule has 172 valence electrons. The third-order valence-electron chi connectivity index (χ3n) is 4.42. The van der Waals surface area contributed by atoms with Crippen molar-refractivity contribution in [1.82, 2.24) is 9.55 Å². The third kappa shape index (κ3) is 5.52. The number of nitrogens with zero attached hydrogens (tertiary/aromatic N) is 2. The molecule has 32 heavy (non-hydrogen) atoms. The van der Waals surface area contributed by atoms with E-state index >= 15 is 0 Å². The minimum atomic E-state index is -0.451. The van der Waals surface area contributed by atoms with Crippen LogP contribution in [0.1, 0.15) is 5.69 Å². The maximum Gasteiger partial charge on any atom is 0.227 e. The summed E-state index contributed by atoms with van der Waals surface area (Å²) in [7, 11) is 0. The topological polar surface area (TPSA) is 103 Å². The van der Waals surface area contributed by atoms with E-state index in [-0.39, 0.29) is 53.9 Å². The van der Waals surface area contributed by atoms with Crippen molar-refractivity contribution in [2.45, 2.75) is 6.61 Å². The molecule has 0 unspecified atom stereocenters. The minimum Gasteiger partial charge on any atom is -0.475 e. The maximum atomic E-state index is 12.9. The predicted molar refractivity (Wildman–Crippen MR) is 123 cm³/mol. The van der Waals surface area contributed by atoms with Crippen LogP contribution in [0.25, 0.3) is 16.6 Å². The Balaban J connectivity index is 1.97. The summed E-state index contributed by atoms with van der Waals surface area (Å²) >= 11 is 19.2. The molecule has 0 aliphatic carbocycles. The SMILES string of the molecule is O=c1cc(CO)n(-c2c(Cl)cccc2Cl)c2c(Cl)cnc(OCCOCCOCCO)c12. The largest absolute Gasteiger partial charge is 0.475 e. The molecule has 0 aliphatic rings. The molecule has 0 bridgehead atoms. The van der Waals surface area contributed by atoms with Crippen molar-refractivity contribution in [3.8, 4) is 11.6 Å². The molecular formula is C21H21Cl3N2O6. The van der Waals surface area contributed by atoms with Crippen LogP contribution in [0.4, 0.5) is 0 Å². The normalized spacial score (nSPS) is 11.3. The average molecular weight is 504 g/mol. The van der Waals surface area contributed by atoms with Crippen molar-refractivity contribution in [2.24, 2.45) is 0 Å². The van der Waals surface area contributed by atoms with Crippen LogP contribution in [0.15, 0.2) is 35.3 Å². The van der Waals surface area contributed by atoms with Crippen LogP contribution in [-0.2, 0) is 16.1 Å². The van der Waals surface area contributed by atoms with Gasteiger partial charge in [-0.15, -0.1) is 0 Å². The van der Waals surface area contributed by atoms with Gasteiger partial charge in [0.05, 0.1) is 77.8 Å². The van der Waals surface area contributed by atoms with Gasteiger partial charge in [0.2, 0.25) is 5.88 Å². The molecular weight excluding hydrogens is 483 g/mol. The molecule has 0 fully saturated rings. The molecule has 0 aliphatic heterocycles. The summed E-state index contributed by atoms with van der Waals surface area (Å²) in [5.41, 5.74) is 0.464. The fraction of sp³-hybridized carbons (Fsp3) is 0.333. The number of aliphatic hydroxyl groups is 2. The molecule has 11 heteroatoms. The van der Waals surface area contributed by atoms with Crippen molar-refractivity contribution < 1.29 is 24.4 Å². The van der Waals surface area contributed by atoms with Crippen molar-refractivity contribution in [3.05, 3.63) is 61.4 Å². The van der Waals surface area contributed by atoms with Crippen molar-refractivity contribution >= 4 is 45.7 Å². The number of benzene rings is 1. The van der Waals surface area contributed by atoms with Gasteiger partial charge < -0.3 is 29.0 Å². The lowest BCUT2D eigenvalue weighted by molar-refractivity contribution is 0.0245. The van der Waals surface area contributed by atoms with Gasteiger partial charge in [-0.1, -0.05) is 40.9 Å². The number of fused-ring (bicyclic) bond motifs is 1. The Hall–Kier alpha value is -1.91. The second-order valence-electron chi connectivity index (χ2n) is 6.50. The number of rotatable bonds is 11. The fourth-order valence-corrected chi connectivity index (χ4v) is 3.90. The first-order valence-corrected chi connectivity index (χ1v) is 10.8. The second kappa shape index (κ2) is 11.8. The van der Waals surface area contributed by atoms with Crippen LogP contribution < -0.4 is 10.2 Å². The molecule has 0 atom stereocenters. The Kier molecular flexibility index (Phi) is 9.12. The highest BCUT2D eigenvalue weighted by molar-refractivity contribution is 6.38. The van der Waals surface area contributed by atoms with Crippen LogP contribution in [0.3, 0.4) is 0 Å². The van der Waals surface area contributed by atoms with E-state index in [4.69, 9.17) is 54.1 Å². The summed E-state index contributed by atoms with van der Waals surface area (Å²) in [6.45, 7) is 0.774. The quantitative estimate of drug-likeness (QED) is 0.387. The van der Waals surface area contributed by atoms with E-state index in [0.29, 0.717) is 28.9 Å². The first kappa shape index (κ1) is 24.7. The highest BCUT2D eigenvalue weighted by Crippen LogP contribution is 2.35. The van der Waals surface area contributed by atoms with Crippen LogP contribution in [0.5, 0.6) is 5.88 Å². The number of halogens is 3. The van der Waals surface area contributed by atoms with Crippen molar-refractivity contribution in [1.29, 1.82) is 0 Å². The van der Waals surface area contributed by atoms with Gasteiger partial charge in [0.1, 0.15) is 12.0 Å². The molecule has 0 spiro atoms. The molecule has 0 saturated heterocycles. The monoisotopic (exact) mass is 502 g/mol. The summed E-state index contributed by atoms with van der Waals surface area (Å²) in [6, 6.07) is 6.23. The zero-order valence-electron chi connectivity index (χ0n) is 16.9. The standard InChI is InChI=1S/C21H21Cl3N2O6/c22-14-2-1-3-15(23)19(14)26-13(12-28)10-17(29)18-20(26)16(24)11-25-21(18)32-9-8-31-7-6-30-5-4-27/h1-3,10-11,27-28H,4-9,12H2. The van der Waals surface area contributed by atoms with E-state index < -0.39 is 12.0 Å². The van der Waals surface area contributed by atoms with Crippen LogP contribution in [0, 0.1) is 0 Å². The van der Waals surface area contributed by atoms with Gasteiger partial charge in [-0.25, -0.2) is 4.98 Å². The summed E-state index contributed by atoms with van der Waals surface area (Å²) in [5, 5.41) is 19.5. The number of para-hydroxylation sites is 1. The molecule has 1 aromatic carbocycles. The lowest BCUT2D eigenvalue weighted by Gasteiger charge is -2.20. The van der Waals surface area contributed by atoms with Crippen LogP contribution >= 0.6 is 34.8 Å². The van der Waals surface area contributed by atoms with Crippen LogP contribution in [0.2, 0.25) is 15.1 Å². The first-order chi connectivity index (χ1) is 15.5. The van der Waals surface area contributed by atoms with Gasteiger partial charge >= 0.3 is 0 Å². The predicted octanol–water partition coefficient (Wildman–Crippen LogP) is 3.24. The maximum absolute atomic E-state index is 12.9. The third-order valence-corrected chi connectivity index (χ3v) is 5.31. The minimum absolute atomic E-state index is 0.0483. The second-order valence-corrected chi connectivity index (χ2v) is 7.72.